The van der Waals surface area contributed by atoms with Gasteiger partial charge in [0.15, 0.2) is 0 Å². The van der Waals surface area contributed by atoms with Gasteiger partial charge in [-0.1, -0.05) is 32.1 Å². The molecule has 1 atom stereocenters. The van der Waals surface area contributed by atoms with Gasteiger partial charge in [0.2, 0.25) is 0 Å². The van der Waals surface area contributed by atoms with E-state index in [0.29, 0.717) is 6.04 Å². The predicted molar refractivity (Wildman–Crippen MR) is 72.7 cm³/mol. The maximum Gasteiger partial charge on any atom is 0.0794 e. The highest BCUT2D eigenvalue weighted by Gasteiger charge is 2.21. The van der Waals surface area contributed by atoms with Crippen LogP contribution in [0.4, 0.5) is 0 Å². The Morgan fingerprint density at radius 2 is 2.00 bits per heavy atom. The summed E-state index contributed by atoms with van der Waals surface area (Å²) in [6, 6.07) is 0.425. The van der Waals surface area contributed by atoms with Crippen molar-refractivity contribution in [1.82, 2.24) is 10.4 Å². The summed E-state index contributed by atoms with van der Waals surface area (Å²) in [5.41, 5.74) is 4.94. The number of hydrogen-bond donors (Lipinski definition) is 2. The van der Waals surface area contributed by atoms with E-state index in [4.69, 9.17) is 5.84 Å². The van der Waals surface area contributed by atoms with Gasteiger partial charge in [-0.2, -0.15) is 0 Å². The van der Waals surface area contributed by atoms with Crippen molar-refractivity contribution in [2.75, 3.05) is 0 Å². The van der Waals surface area contributed by atoms with Crippen LogP contribution in [0.15, 0.2) is 11.7 Å². The van der Waals surface area contributed by atoms with Gasteiger partial charge in [0.1, 0.15) is 0 Å². The molecule has 2 rings (SSSR count). The Morgan fingerprint density at radius 1 is 1.29 bits per heavy atom. The van der Waals surface area contributed by atoms with Crippen LogP contribution in [0, 0.1) is 5.92 Å². The van der Waals surface area contributed by atoms with Gasteiger partial charge in [0, 0.05) is 23.5 Å². The van der Waals surface area contributed by atoms with Gasteiger partial charge in [-0.05, 0) is 18.8 Å². The summed E-state index contributed by atoms with van der Waals surface area (Å²) in [6.45, 7) is 0. The van der Waals surface area contributed by atoms with E-state index in [1.165, 1.54) is 49.8 Å². The van der Waals surface area contributed by atoms with Crippen LogP contribution >= 0.6 is 11.3 Å². The van der Waals surface area contributed by atoms with E-state index in [-0.39, 0.29) is 0 Å². The quantitative estimate of drug-likeness (QED) is 0.641. The molecular weight excluding hydrogens is 230 g/mol. The van der Waals surface area contributed by atoms with E-state index in [2.05, 4.69) is 10.4 Å². The topological polar surface area (TPSA) is 50.9 Å². The highest BCUT2D eigenvalue weighted by molar-refractivity contribution is 7.09. The first-order valence-corrected chi connectivity index (χ1v) is 7.61. The second-order valence-electron chi connectivity index (χ2n) is 5.05. The zero-order valence-corrected chi connectivity index (χ0v) is 11.2. The van der Waals surface area contributed by atoms with Crippen LogP contribution in [0.3, 0.4) is 0 Å². The van der Waals surface area contributed by atoms with Gasteiger partial charge in [0.05, 0.1) is 5.51 Å². The molecule has 17 heavy (non-hydrogen) atoms. The fraction of sp³-hybridized carbons (Fsp3) is 0.769. The molecule has 4 heteroatoms. The standard InChI is InChI=1S/C13H23N3S/c14-16-13(8-12-9-15-10-17-12)11-6-4-2-1-3-5-7-11/h9-11,13,16H,1-8,14H2. The lowest BCUT2D eigenvalue weighted by Gasteiger charge is -2.27. The first-order chi connectivity index (χ1) is 8.40. The summed E-state index contributed by atoms with van der Waals surface area (Å²) >= 11 is 1.73. The number of nitrogens with two attached hydrogens (primary N) is 1. The van der Waals surface area contributed by atoms with Gasteiger partial charge in [-0.3, -0.25) is 16.3 Å². The highest BCUT2D eigenvalue weighted by atomic mass is 32.1. The molecule has 1 aliphatic rings. The third kappa shape index (κ3) is 4.05. The van der Waals surface area contributed by atoms with E-state index < -0.39 is 0 Å². The van der Waals surface area contributed by atoms with Crippen molar-refractivity contribution in [1.29, 1.82) is 0 Å². The lowest BCUT2D eigenvalue weighted by atomic mass is 9.84. The summed E-state index contributed by atoms with van der Waals surface area (Å²) in [5.74, 6) is 6.48. The van der Waals surface area contributed by atoms with Crippen LogP contribution < -0.4 is 11.3 Å². The molecule has 0 aliphatic heterocycles. The van der Waals surface area contributed by atoms with Crippen molar-refractivity contribution in [3.05, 3.63) is 16.6 Å². The molecule has 0 bridgehead atoms. The lowest BCUT2D eigenvalue weighted by molar-refractivity contribution is 0.286. The Bertz CT molecular complexity index is 292. The lowest BCUT2D eigenvalue weighted by Crippen LogP contribution is -2.42. The van der Waals surface area contributed by atoms with Gasteiger partial charge >= 0.3 is 0 Å². The third-order valence-electron chi connectivity index (χ3n) is 3.84. The first-order valence-electron chi connectivity index (χ1n) is 6.73. The molecule has 3 N–H and O–H groups in total. The molecule has 1 aromatic heterocycles. The van der Waals surface area contributed by atoms with Crippen molar-refractivity contribution in [3.63, 3.8) is 0 Å². The highest BCUT2D eigenvalue weighted by Crippen LogP contribution is 2.26. The summed E-state index contributed by atoms with van der Waals surface area (Å²) < 4.78 is 0. The van der Waals surface area contributed by atoms with Crippen molar-refractivity contribution >= 4 is 11.3 Å². The molecular formula is C13H23N3S. The summed E-state index contributed by atoms with van der Waals surface area (Å²) in [4.78, 5) is 5.48. The predicted octanol–water partition coefficient (Wildman–Crippen LogP) is 2.88. The molecule has 0 aromatic carbocycles. The molecule has 1 unspecified atom stereocenters. The van der Waals surface area contributed by atoms with Crippen LogP contribution in [0.5, 0.6) is 0 Å². The third-order valence-corrected chi connectivity index (χ3v) is 4.64. The summed E-state index contributed by atoms with van der Waals surface area (Å²) in [6.07, 6.45) is 12.6. The van der Waals surface area contributed by atoms with Crippen LogP contribution in [0.1, 0.15) is 49.8 Å². The number of hydrogen-bond acceptors (Lipinski definition) is 4. The van der Waals surface area contributed by atoms with Gasteiger partial charge in [0.25, 0.3) is 0 Å². The summed E-state index contributed by atoms with van der Waals surface area (Å²) in [5, 5.41) is 0. The van der Waals surface area contributed by atoms with E-state index in [9.17, 15) is 0 Å². The van der Waals surface area contributed by atoms with Crippen molar-refractivity contribution in [3.8, 4) is 0 Å². The largest absolute Gasteiger partial charge is 0.271 e. The van der Waals surface area contributed by atoms with Crippen molar-refractivity contribution < 1.29 is 0 Å². The second-order valence-corrected chi connectivity index (χ2v) is 6.02. The fourth-order valence-corrected chi connectivity index (χ4v) is 3.47. The molecule has 96 valence electrons. The van der Waals surface area contributed by atoms with Crippen LogP contribution in [0.2, 0.25) is 0 Å². The molecule has 1 aromatic rings. The molecule has 3 nitrogen and oxygen atoms in total. The number of nitrogens with zero attached hydrogens (tertiary/aromatic N) is 1. The van der Waals surface area contributed by atoms with Gasteiger partial charge < -0.3 is 0 Å². The molecule has 0 spiro atoms. The maximum atomic E-state index is 5.74. The first kappa shape index (κ1) is 13.0. The maximum absolute atomic E-state index is 5.74. The monoisotopic (exact) mass is 253 g/mol. The molecule has 1 aliphatic carbocycles. The number of thiazole rings is 1. The Hall–Kier alpha value is -0.450. The SMILES string of the molecule is NNC(Cc1cncs1)C1CCCCCCC1. The van der Waals surface area contributed by atoms with E-state index in [1.54, 1.807) is 11.3 Å². The average Bonchev–Trinajstić information content (AvgIpc) is 2.79. The molecule has 0 radical (unpaired) electrons. The minimum Gasteiger partial charge on any atom is -0.271 e. The van der Waals surface area contributed by atoms with E-state index >= 15 is 0 Å². The number of rotatable bonds is 4. The van der Waals surface area contributed by atoms with Gasteiger partial charge in [-0.25, -0.2) is 0 Å². The van der Waals surface area contributed by atoms with Crippen molar-refractivity contribution in [2.45, 2.75) is 57.4 Å². The molecule has 1 heterocycles. The second kappa shape index (κ2) is 7.09. The van der Waals surface area contributed by atoms with Crippen LogP contribution in [0.25, 0.3) is 0 Å². The molecule has 1 saturated carbocycles. The van der Waals surface area contributed by atoms with E-state index in [0.717, 1.165) is 12.3 Å². The molecule has 0 amide bonds. The zero-order valence-electron chi connectivity index (χ0n) is 10.4. The smallest absolute Gasteiger partial charge is 0.0794 e. The Balaban J connectivity index is 1.90. The minimum absolute atomic E-state index is 0.425. The number of hydrazine groups is 1. The van der Waals surface area contributed by atoms with Crippen molar-refractivity contribution in [2.24, 2.45) is 11.8 Å². The average molecular weight is 253 g/mol. The Morgan fingerprint density at radius 3 is 2.59 bits per heavy atom. The molecule has 0 saturated heterocycles. The van der Waals surface area contributed by atoms with E-state index in [1.807, 2.05) is 11.7 Å². The van der Waals surface area contributed by atoms with Gasteiger partial charge in [-0.15, -0.1) is 11.3 Å². The Labute approximate surface area is 108 Å². The fourth-order valence-electron chi connectivity index (χ4n) is 2.81. The normalized spacial score (nSPS) is 20.8. The Kier molecular flexibility index (Phi) is 5.42. The van der Waals surface area contributed by atoms with Crippen LogP contribution in [-0.4, -0.2) is 11.0 Å². The molecule has 1 fully saturated rings. The number of aromatic nitrogens is 1. The summed E-state index contributed by atoms with van der Waals surface area (Å²) in [7, 11) is 0. The zero-order chi connectivity index (χ0) is 11.9. The van der Waals surface area contributed by atoms with Crippen LogP contribution in [-0.2, 0) is 6.42 Å². The number of nitrogens with one attached hydrogen (secondary N) is 1. The minimum atomic E-state index is 0.425.